The van der Waals surface area contributed by atoms with E-state index in [4.69, 9.17) is 5.73 Å². The maximum Gasteiger partial charge on any atom is 0.257 e. The van der Waals surface area contributed by atoms with Crippen LogP contribution >= 0.6 is 0 Å². The van der Waals surface area contributed by atoms with Crippen LogP contribution in [0.1, 0.15) is 43.7 Å². The van der Waals surface area contributed by atoms with Gasteiger partial charge in [-0.2, -0.15) is 5.10 Å². The third kappa shape index (κ3) is 3.80. The van der Waals surface area contributed by atoms with E-state index in [0.717, 1.165) is 12.1 Å². The van der Waals surface area contributed by atoms with Crippen molar-refractivity contribution in [3.63, 3.8) is 0 Å². The van der Waals surface area contributed by atoms with Crippen LogP contribution in [-0.2, 0) is 13.5 Å². The number of aryl methyl sites for hydroxylation is 2. The summed E-state index contributed by atoms with van der Waals surface area (Å²) in [7, 11) is 1.84. The van der Waals surface area contributed by atoms with Gasteiger partial charge in [0.2, 0.25) is 0 Å². The molecule has 19 heavy (non-hydrogen) atoms. The van der Waals surface area contributed by atoms with Gasteiger partial charge < -0.3 is 10.6 Å². The molecule has 0 radical (unpaired) electrons. The number of carbonyl (C=O) groups is 1. The minimum Gasteiger partial charge on any atom is -0.338 e. The summed E-state index contributed by atoms with van der Waals surface area (Å²) in [5, 5.41) is 4.33. The fourth-order valence-electron chi connectivity index (χ4n) is 2.05. The Morgan fingerprint density at radius 1 is 1.47 bits per heavy atom. The lowest BCUT2D eigenvalue weighted by atomic mass is 9.93. The van der Waals surface area contributed by atoms with Crippen molar-refractivity contribution in [1.82, 2.24) is 14.7 Å². The summed E-state index contributed by atoms with van der Waals surface area (Å²) in [5.41, 5.74) is 7.25. The van der Waals surface area contributed by atoms with Crippen molar-refractivity contribution >= 4 is 5.91 Å². The first kappa shape index (κ1) is 15.7. The first-order valence-electron chi connectivity index (χ1n) is 6.86. The van der Waals surface area contributed by atoms with E-state index in [1.165, 1.54) is 0 Å². The Kier molecular flexibility index (Phi) is 5.11. The molecule has 0 aliphatic carbocycles. The van der Waals surface area contributed by atoms with Crippen LogP contribution in [0.15, 0.2) is 6.20 Å². The van der Waals surface area contributed by atoms with E-state index in [0.29, 0.717) is 25.2 Å². The highest BCUT2D eigenvalue weighted by atomic mass is 16.2. The van der Waals surface area contributed by atoms with Gasteiger partial charge in [-0.25, -0.2) is 0 Å². The molecule has 0 atom stereocenters. The van der Waals surface area contributed by atoms with Crippen LogP contribution in [0.4, 0.5) is 0 Å². The van der Waals surface area contributed by atoms with E-state index < -0.39 is 0 Å². The molecule has 0 fully saturated rings. The highest BCUT2D eigenvalue weighted by Gasteiger charge is 2.25. The monoisotopic (exact) mass is 266 g/mol. The molecule has 1 aromatic heterocycles. The van der Waals surface area contributed by atoms with Gasteiger partial charge in [0.15, 0.2) is 0 Å². The van der Waals surface area contributed by atoms with Gasteiger partial charge in [-0.05, 0) is 25.3 Å². The Hall–Kier alpha value is -1.36. The summed E-state index contributed by atoms with van der Waals surface area (Å²) in [6.45, 7) is 10.1. The predicted molar refractivity (Wildman–Crippen MR) is 77.0 cm³/mol. The molecule has 0 unspecified atom stereocenters. The fourth-order valence-corrected chi connectivity index (χ4v) is 2.05. The molecule has 0 saturated carbocycles. The maximum atomic E-state index is 12.6. The second-order valence-corrected chi connectivity index (χ2v) is 5.70. The first-order chi connectivity index (χ1) is 8.84. The number of hydrogen-bond acceptors (Lipinski definition) is 3. The highest BCUT2D eigenvalue weighted by Crippen LogP contribution is 2.18. The predicted octanol–water partition coefficient (Wildman–Crippen LogP) is 1.43. The molecule has 1 aromatic rings. The molecular weight excluding hydrogens is 240 g/mol. The fraction of sp³-hybridized carbons (Fsp3) is 0.714. The average molecular weight is 266 g/mol. The second kappa shape index (κ2) is 6.19. The van der Waals surface area contributed by atoms with E-state index in [-0.39, 0.29) is 11.3 Å². The molecule has 1 heterocycles. The third-order valence-electron chi connectivity index (χ3n) is 3.31. The zero-order valence-corrected chi connectivity index (χ0v) is 12.7. The summed E-state index contributed by atoms with van der Waals surface area (Å²) in [4.78, 5) is 14.4. The molecule has 108 valence electrons. The van der Waals surface area contributed by atoms with Crippen molar-refractivity contribution in [2.75, 3.05) is 19.6 Å². The molecule has 1 rings (SSSR count). The van der Waals surface area contributed by atoms with Crippen molar-refractivity contribution in [3.05, 3.63) is 17.5 Å². The van der Waals surface area contributed by atoms with Crippen LogP contribution in [0, 0.1) is 5.41 Å². The van der Waals surface area contributed by atoms with Gasteiger partial charge >= 0.3 is 0 Å². The molecule has 0 aliphatic heterocycles. The van der Waals surface area contributed by atoms with Gasteiger partial charge in [-0.15, -0.1) is 0 Å². The molecular formula is C14H26N4O. The molecule has 0 bridgehead atoms. The van der Waals surface area contributed by atoms with E-state index in [9.17, 15) is 4.79 Å². The normalized spacial score (nSPS) is 11.7. The number of hydrogen-bond donors (Lipinski definition) is 1. The van der Waals surface area contributed by atoms with Crippen LogP contribution < -0.4 is 5.73 Å². The van der Waals surface area contributed by atoms with Crippen LogP contribution in [0.25, 0.3) is 0 Å². The van der Waals surface area contributed by atoms with E-state index in [1.54, 1.807) is 10.9 Å². The Morgan fingerprint density at radius 2 is 2.11 bits per heavy atom. The summed E-state index contributed by atoms with van der Waals surface area (Å²) in [6, 6.07) is 0. The topological polar surface area (TPSA) is 64.2 Å². The van der Waals surface area contributed by atoms with E-state index in [2.05, 4.69) is 18.9 Å². The highest BCUT2D eigenvalue weighted by molar-refractivity contribution is 5.95. The Bertz CT molecular complexity index is 437. The van der Waals surface area contributed by atoms with Gasteiger partial charge in [-0.1, -0.05) is 20.8 Å². The number of nitrogens with two attached hydrogens (primary N) is 1. The minimum absolute atomic E-state index is 0.0500. The van der Waals surface area contributed by atoms with Crippen LogP contribution in [-0.4, -0.2) is 40.2 Å². The minimum atomic E-state index is -0.0692. The van der Waals surface area contributed by atoms with Gasteiger partial charge in [0.1, 0.15) is 0 Å². The number of aromatic nitrogens is 2. The summed E-state index contributed by atoms with van der Waals surface area (Å²) in [6.07, 6.45) is 2.57. The molecule has 5 heteroatoms. The maximum absolute atomic E-state index is 12.6. The van der Waals surface area contributed by atoms with Gasteiger partial charge in [0.25, 0.3) is 5.91 Å². The lowest BCUT2D eigenvalue weighted by molar-refractivity contribution is 0.0699. The van der Waals surface area contributed by atoms with Crippen molar-refractivity contribution in [1.29, 1.82) is 0 Å². The standard InChI is InChI=1S/C14H26N4O/c1-6-12-11(8-17(5)16-12)13(19)18(7-2)10-14(3,4)9-15/h8H,6-7,9-10,15H2,1-5H3. The zero-order valence-electron chi connectivity index (χ0n) is 12.7. The number of nitrogens with zero attached hydrogens (tertiary/aromatic N) is 3. The molecule has 1 amide bonds. The van der Waals surface area contributed by atoms with Crippen molar-refractivity contribution in [2.24, 2.45) is 18.2 Å². The van der Waals surface area contributed by atoms with Crippen LogP contribution in [0.5, 0.6) is 0 Å². The van der Waals surface area contributed by atoms with Gasteiger partial charge in [0, 0.05) is 26.3 Å². The third-order valence-corrected chi connectivity index (χ3v) is 3.31. The molecule has 0 spiro atoms. The lowest BCUT2D eigenvalue weighted by Gasteiger charge is -2.31. The molecule has 0 aromatic carbocycles. The Balaban J connectivity index is 2.95. The molecule has 0 saturated heterocycles. The average Bonchev–Trinajstić information content (AvgIpc) is 2.76. The molecule has 0 aliphatic rings. The van der Waals surface area contributed by atoms with Crippen LogP contribution in [0.3, 0.4) is 0 Å². The number of carbonyl (C=O) groups excluding carboxylic acids is 1. The number of amides is 1. The zero-order chi connectivity index (χ0) is 14.6. The van der Waals surface area contributed by atoms with Gasteiger partial charge in [0.05, 0.1) is 11.3 Å². The smallest absolute Gasteiger partial charge is 0.257 e. The Morgan fingerprint density at radius 3 is 2.58 bits per heavy atom. The van der Waals surface area contributed by atoms with Gasteiger partial charge in [-0.3, -0.25) is 9.48 Å². The SMILES string of the molecule is CCc1nn(C)cc1C(=O)N(CC)CC(C)(C)CN. The summed E-state index contributed by atoms with van der Waals surface area (Å²) >= 11 is 0. The van der Waals surface area contributed by atoms with E-state index >= 15 is 0 Å². The first-order valence-corrected chi connectivity index (χ1v) is 6.86. The second-order valence-electron chi connectivity index (χ2n) is 5.70. The summed E-state index contributed by atoms with van der Waals surface area (Å²) < 4.78 is 1.70. The number of rotatable bonds is 6. The van der Waals surface area contributed by atoms with Crippen molar-refractivity contribution in [2.45, 2.75) is 34.1 Å². The molecule has 2 N–H and O–H groups in total. The van der Waals surface area contributed by atoms with Crippen molar-refractivity contribution in [3.8, 4) is 0 Å². The van der Waals surface area contributed by atoms with E-state index in [1.807, 2.05) is 25.8 Å². The lowest BCUT2D eigenvalue weighted by Crippen LogP contribution is -2.42. The van der Waals surface area contributed by atoms with Crippen LogP contribution in [0.2, 0.25) is 0 Å². The van der Waals surface area contributed by atoms with Crippen molar-refractivity contribution < 1.29 is 4.79 Å². The Labute approximate surface area is 115 Å². The largest absolute Gasteiger partial charge is 0.338 e. The quantitative estimate of drug-likeness (QED) is 0.847. The molecule has 5 nitrogen and oxygen atoms in total. The summed E-state index contributed by atoms with van der Waals surface area (Å²) in [5.74, 6) is 0.0500.